The maximum absolute atomic E-state index is 12.6. The van der Waals surface area contributed by atoms with E-state index >= 15 is 0 Å². The highest BCUT2D eigenvalue weighted by Gasteiger charge is 2.32. The van der Waals surface area contributed by atoms with Gasteiger partial charge in [0, 0.05) is 14.1 Å². The number of anilines is 1. The van der Waals surface area contributed by atoms with E-state index in [4.69, 9.17) is 10.3 Å². The van der Waals surface area contributed by atoms with Crippen LogP contribution in [0.1, 0.15) is 52.9 Å². The van der Waals surface area contributed by atoms with E-state index in [1.54, 1.807) is 38.2 Å². The number of nitrogens with two attached hydrogens (primary N) is 1. The Morgan fingerprint density at radius 3 is 2.44 bits per heavy atom. The van der Waals surface area contributed by atoms with E-state index in [0.717, 1.165) is 17.1 Å². The Labute approximate surface area is 191 Å². The summed E-state index contributed by atoms with van der Waals surface area (Å²) < 4.78 is 15.1. The fourth-order valence-corrected chi connectivity index (χ4v) is 4.58. The van der Waals surface area contributed by atoms with Crippen LogP contribution in [-0.2, 0) is 0 Å². The van der Waals surface area contributed by atoms with Gasteiger partial charge in [0.1, 0.15) is 17.6 Å². The van der Waals surface area contributed by atoms with Gasteiger partial charge in [-0.3, -0.25) is 19.1 Å². The predicted molar refractivity (Wildman–Crippen MR) is 130 cm³/mol. The molecule has 0 unspecified atom stereocenters. The minimum absolute atomic E-state index is 0.124. The van der Waals surface area contributed by atoms with Gasteiger partial charge in [0.25, 0.3) is 15.7 Å². The van der Waals surface area contributed by atoms with Gasteiger partial charge in [-0.15, -0.1) is 0 Å². The summed E-state index contributed by atoms with van der Waals surface area (Å²) in [4.78, 5) is 14.0. The molecule has 0 bridgehead atoms. The van der Waals surface area contributed by atoms with Crippen molar-refractivity contribution in [2.75, 3.05) is 19.4 Å². The van der Waals surface area contributed by atoms with Gasteiger partial charge in [0.05, 0.1) is 11.3 Å². The lowest BCUT2D eigenvalue weighted by atomic mass is 10.0. The minimum Gasteiger partial charge on any atom is -0.505 e. The number of aryl methyl sites for hydroxylation is 3. The van der Waals surface area contributed by atoms with Crippen LogP contribution in [0.3, 0.4) is 0 Å². The van der Waals surface area contributed by atoms with E-state index in [2.05, 4.69) is 28.5 Å². The zero-order valence-electron chi connectivity index (χ0n) is 19.7. The first-order valence-electron chi connectivity index (χ1n) is 10.5. The van der Waals surface area contributed by atoms with Crippen molar-refractivity contribution in [3.8, 4) is 5.75 Å². The van der Waals surface area contributed by atoms with Crippen molar-refractivity contribution in [1.82, 2.24) is 9.91 Å². The van der Waals surface area contributed by atoms with E-state index < -0.39 is 9.84 Å². The van der Waals surface area contributed by atoms with E-state index in [9.17, 15) is 9.90 Å². The zero-order valence-corrected chi connectivity index (χ0v) is 21.1. The van der Waals surface area contributed by atoms with Crippen LogP contribution in [0, 0.1) is 26.7 Å². The number of rotatable bonds is 5. The van der Waals surface area contributed by atoms with Crippen LogP contribution in [0.15, 0.2) is 31.9 Å². The highest BCUT2D eigenvalue weighted by atomic mass is 28.2. The fourth-order valence-electron chi connectivity index (χ4n) is 3.70. The van der Waals surface area contributed by atoms with Crippen LogP contribution in [0.25, 0.3) is 0 Å². The summed E-state index contributed by atoms with van der Waals surface area (Å²) in [5.41, 5.74) is 2.38. The standard InChI is InChI=1S/C22H32N6O3Si/c1-11(2)18(16-10-13(4)14(5)31-16)28(23)21-20(25-32-26-21)24-15-9-8-12(3)17(19(15)29)22(30)27(6)7/h8-11,18,29H,23,32H2,1-7H3,(H,24,25)/t18-/m1/s1. The number of nitrogens with zero attached hydrogens (tertiary/aromatic N) is 4. The highest BCUT2D eigenvalue weighted by molar-refractivity contribution is 6.58. The summed E-state index contributed by atoms with van der Waals surface area (Å²) in [5.74, 6) is 8.93. The molecule has 1 amide bonds. The summed E-state index contributed by atoms with van der Waals surface area (Å²) >= 11 is 0. The summed E-state index contributed by atoms with van der Waals surface area (Å²) in [5, 5.41) is 15.6. The monoisotopic (exact) mass is 456 g/mol. The third kappa shape index (κ3) is 4.41. The molecule has 0 saturated carbocycles. The van der Waals surface area contributed by atoms with Crippen molar-refractivity contribution in [3.63, 3.8) is 0 Å². The number of aromatic hydroxyl groups is 1. The number of phenolic OH excluding ortho intramolecular Hbond substituents is 1. The highest BCUT2D eigenvalue weighted by Crippen LogP contribution is 2.33. The van der Waals surface area contributed by atoms with Gasteiger partial charge in [-0.2, -0.15) is 0 Å². The number of nitrogens with one attached hydrogen (secondary N) is 1. The fraction of sp³-hybridized carbons (Fsp3) is 0.409. The average molecular weight is 457 g/mol. The first kappa shape index (κ1) is 23.5. The van der Waals surface area contributed by atoms with Crippen LogP contribution >= 0.6 is 0 Å². The maximum Gasteiger partial charge on any atom is 0.277 e. The van der Waals surface area contributed by atoms with Crippen molar-refractivity contribution in [1.29, 1.82) is 0 Å². The molecular formula is C22H32N6O3Si. The second kappa shape index (κ2) is 9.17. The van der Waals surface area contributed by atoms with E-state index in [0.29, 0.717) is 22.9 Å². The lowest BCUT2D eigenvalue weighted by Crippen LogP contribution is -2.47. The normalized spacial score (nSPS) is 15.0. The SMILES string of the molecule is Cc1cc([C@@H](C(C)C)N(N)C2=N[SiH2]N=C2Nc2ccc(C)c(C(=O)N(C)C)c2O)oc1C. The van der Waals surface area contributed by atoms with Crippen molar-refractivity contribution in [2.45, 2.75) is 40.7 Å². The molecule has 0 fully saturated rings. The largest absolute Gasteiger partial charge is 0.505 e. The van der Waals surface area contributed by atoms with Gasteiger partial charge in [-0.1, -0.05) is 19.9 Å². The number of benzene rings is 1. The number of carbonyl (C=O) groups is 1. The van der Waals surface area contributed by atoms with Gasteiger partial charge in [0.2, 0.25) is 0 Å². The molecule has 0 aliphatic carbocycles. The number of furan rings is 1. The van der Waals surface area contributed by atoms with E-state index in [1.165, 1.54) is 4.90 Å². The molecule has 10 heteroatoms. The molecule has 1 atom stereocenters. The lowest BCUT2D eigenvalue weighted by molar-refractivity contribution is 0.0824. The molecule has 1 aromatic heterocycles. The van der Waals surface area contributed by atoms with E-state index in [-0.39, 0.29) is 29.2 Å². The molecule has 1 aromatic carbocycles. The number of hydrogen-bond acceptors (Lipinski definition) is 8. The molecule has 172 valence electrons. The van der Waals surface area contributed by atoms with Crippen molar-refractivity contribution in [3.05, 3.63) is 46.4 Å². The molecule has 9 nitrogen and oxygen atoms in total. The molecule has 0 spiro atoms. The van der Waals surface area contributed by atoms with Crippen LogP contribution < -0.4 is 11.2 Å². The Morgan fingerprint density at radius 2 is 1.88 bits per heavy atom. The third-order valence-corrected chi connectivity index (χ3v) is 6.47. The van der Waals surface area contributed by atoms with Crippen LogP contribution in [0.5, 0.6) is 5.75 Å². The number of carbonyl (C=O) groups excluding carboxylic acids is 1. The first-order valence-corrected chi connectivity index (χ1v) is 11.8. The zero-order chi connectivity index (χ0) is 23.7. The van der Waals surface area contributed by atoms with Crippen molar-refractivity contribution >= 4 is 33.1 Å². The summed E-state index contributed by atoms with van der Waals surface area (Å²) in [6.45, 7) is 9.86. The molecule has 0 radical (unpaired) electrons. The number of hydrazine groups is 1. The Balaban J connectivity index is 1.90. The number of amides is 1. The number of phenols is 1. The van der Waals surface area contributed by atoms with Gasteiger partial charge in [-0.25, -0.2) is 5.84 Å². The number of hydrogen-bond donors (Lipinski definition) is 3. The van der Waals surface area contributed by atoms with Gasteiger partial charge in [-0.05, 0) is 49.9 Å². The Hall–Kier alpha value is -3.11. The number of amidine groups is 2. The summed E-state index contributed by atoms with van der Waals surface area (Å²) in [7, 11) is 2.19. The first-order chi connectivity index (χ1) is 15.0. The Morgan fingerprint density at radius 1 is 1.19 bits per heavy atom. The molecular weight excluding hydrogens is 424 g/mol. The molecule has 1 aliphatic rings. The molecule has 3 rings (SSSR count). The van der Waals surface area contributed by atoms with Gasteiger partial charge < -0.3 is 19.7 Å². The predicted octanol–water partition coefficient (Wildman–Crippen LogP) is 2.41. The quantitative estimate of drug-likeness (QED) is 0.275. The van der Waals surface area contributed by atoms with Crippen molar-refractivity contribution in [2.24, 2.45) is 21.1 Å². The second-order valence-electron chi connectivity index (χ2n) is 8.59. The molecule has 1 aliphatic heterocycles. The Bertz CT molecular complexity index is 1070. The molecule has 2 heterocycles. The average Bonchev–Trinajstić information content (AvgIpc) is 3.30. The smallest absolute Gasteiger partial charge is 0.277 e. The Kier molecular flexibility index (Phi) is 6.75. The summed E-state index contributed by atoms with van der Waals surface area (Å²) in [6, 6.07) is 5.27. The van der Waals surface area contributed by atoms with Gasteiger partial charge >= 0.3 is 0 Å². The van der Waals surface area contributed by atoms with E-state index in [1.807, 2.05) is 19.9 Å². The second-order valence-corrected chi connectivity index (χ2v) is 9.51. The topological polar surface area (TPSA) is 120 Å². The third-order valence-electron chi connectivity index (χ3n) is 5.57. The van der Waals surface area contributed by atoms with Crippen LogP contribution in [-0.4, -0.2) is 56.5 Å². The molecule has 2 aromatic rings. The lowest BCUT2D eigenvalue weighted by Gasteiger charge is -2.31. The minimum atomic E-state index is -1.10. The molecule has 32 heavy (non-hydrogen) atoms. The van der Waals surface area contributed by atoms with Gasteiger partial charge in [0.15, 0.2) is 17.4 Å². The molecule has 4 N–H and O–H groups in total. The summed E-state index contributed by atoms with van der Waals surface area (Å²) in [6.07, 6.45) is 0. The van der Waals surface area contributed by atoms with Crippen molar-refractivity contribution < 1.29 is 14.3 Å². The maximum atomic E-state index is 12.6. The van der Waals surface area contributed by atoms with Crippen LogP contribution in [0.4, 0.5) is 5.69 Å². The van der Waals surface area contributed by atoms with Crippen LogP contribution in [0.2, 0.25) is 0 Å². The molecule has 0 saturated heterocycles.